The van der Waals surface area contributed by atoms with Crippen LogP contribution in [0.25, 0.3) is 0 Å². The summed E-state index contributed by atoms with van der Waals surface area (Å²) in [7, 11) is -1.67. The lowest BCUT2D eigenvalue weighted by atomic mass is 10.2. The number of hydrogen-bond acceptors (Lipinski definition) is 4. The fourth-order valence-corrected chi connectivity index (χ4v) is 3.26. The number of morpholine rings is 1. The minimum Gasteiger partial charge on any atom is -0.384 e. The molecule has 1 unspecified atom stereocenters. The van der Waals surface area contributed by atoms with Crippen molar-refractivity contribution in [3.8, 4) is 0 Å². The molecule has 1 heterocycles. The summed E-state index contributed by atoms with van der Waals surface area (Å²) in [6.07, 6.45) is 0.784. The van der Waals surface area contributed by atoms with Crippen molar-refractivity contribution < 1.29 is 17.9 Å². The van der Waals surface area contributed by atoms with E-state index in [1.165, 1.54) is 7.11 Å². The number of methoxy groups -OCH3 is 1. The van der Waals surface area contributed by atoms with Crippen LogP contribution in [0.5, 0.6) is 0 Å². The van der Waals surface area contributed by atoms with E-state index in [0.717, 1.165) is 6.42 Å². The molecule has 15 heavy (non-hydrogen) atoms. The standard InChI is InChI=1S/C9H19NO4S/c1-3-9-8-14-5-4-10(9)15(11,12)7-6-13-2/h9H,3-8H2,1-2H3. The van der Waals surface area contributed by atoms with E-state index in [1.54, 1.807) is 4.31 Å². The highest BCUT2D eigenvalue weighted by molar-refractivity contribution is 7.89. The van der Waals surface area contributed by atoms with Crippen molar-refractivity contribution in [2.24, 2.45) is 0 Å². The Morgan fingerprint density at radius 3 is 2.87 bits per heavy atom. The monoisotopic (exact) mass is 237 g/mol. The number of ether oxygens (including phenoxy) is 2. The van der Waals surface area contributed by atoms with Gasteiger partial charge < -0.3 is 9.47 Å². The van der Waals surface area contributed by atoms with E-state index in [2.05, 4.69) is 0 Å². The summed E-state index contributed by atoms with van der Waals surface area (Å²) in [4.78, 5) is 0. The van der Waals surface area contributed by atoms with E-state index < -0.39 is 10.0 Å². The summed E-state index contributed by atoms with van der Waals surface area (Å²) in [6, 6.07) is -0.0133. The largest absolute Gasteiger partial charge is 0.384 e. The van der Waals surface area contributed by atoms with Crippen LogP contribution in [-0.2, 0) is 19.5 Å². The molecule has 0 aromatic heterocycles. The average molecular weight is 237 g/mol. The van der Waals surface area contributed by atoms with Gasteiger partial charge in [0.15, 0.2) is 0 Å². The topological polar surface area (TPSA) is 55.8 Å². The zero-order chi connectivity index (χ0) is 11.3. The lowest BCUT2D eigenvalue weighted by molar-refractivity contribution is 0.0311. The molecule has 6 heteroatoms. The maximum atomic E-state index is 11.9. The molecule has 0 radical (unpaired) electrons. The number of nitrogens with zero attached hydrogens (tertiary/aromatic N) is 1. The Labute approximate surface area is 91.4 Å². The van der Waals surface area contributed by atoms with Crippen LogP contribution in [-0.4, -0.2) is 58.0 Å². The number of sulfonamides is 1. The molecule has 1 atom stereocenters. The van der Waals surface area contributed by atoms with Gasteiger partial charge in [-0.25, -0.2) is 8.42 Å². The van der Waals surface area contributed by atoms with E-state index in [9.17, 15) is 8.42 Å². The van der Waals surface area contributed by atoms with Crippen molar-refractivity contribution in [2.45, 2.75) is 19.4 Å². The highest BCUT2D eigenvalue weighted by Crippen LogP contribution is 2.15. The molecule has 90 valence electrons. The molecule has 5 nitrogen and oxygen atoms in total. The summed E-state index contributed by atoms with van der Waals surface area (Å²) < 4.78 is 35.4. The molecule has 0 aromatic rings. The van der Waals surface area contributed by atoms with Gasteiger partial charge in [-0.3, -0.25) is 0 Å². The second kappa shape index (κ2) is 5.79. The Kier molecular flexibility index (Phi) is 4.98. The van der Waals surface area contributed by atoms with Gasteiger partial charge in [-0.2, -0.15) is 4.31 Å². The predicted molar refractivity (Wildman–Crippen MR) is 57.3 cm³/mol. The van der Waals surface area contributed by atoms with Gasteiger partial charge in [0.1, 0.15) is 0 Å². The van der Waals surface area contributed by atoms with Crippen molar-refractivity contribution in [1.82, 2.24) is 4.31 Å². The summed E-state index contributed by atoms with van der Waals surface area (Å²) in [5.41, 5.74) is 0. The fraction of sp³-hybridized carbons (Fsp3) is 1.00. The predicted octanol–water partition coefficient (Wildman–Crippen LogP) is 0.0734. The average Bonchev–Trinajstić information content (AvgIpc) is 2.26. The smallest absolute Gasteiger partial charge is 0.216 e. The van der Waals surface area contributed by atoms with Gasteiger partial charge in [-0.1, -0.05) is 6.92 Å². The van der Waals surface area contributed by atoms with Gasteiger partial charge in [0.25, 0.3) is 0 Å². The Morgan fingerprint density at radius 1 is 1.53 bits per heavy atom. The molecule has 0 aromatic carbocycles. The summed E-state index contributed by atoms with van der Waals surface area (Å²) in [6.45, 7) is 3.67. The molecule has 1 aliphatic rings. The third-order valence-electron chi connectivity index (χ3n) is 2.55. The normalized spacial score (nSPS) is 24.3. The van der Waals surface area contributed by atoms with Crippen molar-refractivity contribution in [3.05, 3.63) is 0 Å². The first-order valence-corrected chi connectivity index (χ1v) is 6.79. The Hall–Kier alpha value is -0.170. The summed E-state index contributed by atoms with van der Waals surface area (Å²) in [5.74, 6) is 0.0556. The molecule has 0 N–H and O–H groups in total. The van der Waals surface area contributed by atoms with Crippen LogP contribution in [0.2, 0.25) is 0 Å². The van der Waals surface area contributed by atoms with E-state index >= 15 is 0 Å². The highest BCUT2D eigenvalue weighted by Gasteiger charge is 2.31. The van der Waals surface area contributed by atoms with E-state index in [1.807, 2.05) is 6.92 Å². The van der Waals surface area contributed by atoms with Crippen molar-refractivity contribution in [3.63, 3.8) is 0 Å². The Morgan fingerprint density at radius 2 is 2.27 bits per heavy atom. The molecule has 1 rings (SSSR count). The van der Waals surface area contributed by atoms with Crippen LogP contribution in [0, 0.1) is 0 Å². The lowest BCUT2D eigenvalue weighted by Gasteiger charge is -2.33. The molecule has 1 saturated heterocycles. The highest BCUT2D eigenvalue weighted by atomic mass is 32.2. The van der Waals surface area contributed by atoms with Crippen molar-refractivity contribution in [1.29, 1.82) is 0 Å². The minimum absolute atomic E-state index is 0.0133. The van der Waals surface area contributed by atoms with Crippen molar-refractivity contribution >= 4 is 10.0 Å². The van der Waals surface area contributed by atoms with Crippen LogP contribution in [0.1, 0.15) is 13.3 Å². The molecular formula is C9H19NO4S. The molecular weight excluding hydrogens is 218 g/mol. The van der Waals surface area contributed by atoms with Gasteiger partial charge in [0, 0.05) is 19.7 Å². The van der Waals surface area contributed by atoms with E-state index in [4.69, 9.17) is 9.47 Å². The summed E-state index contributed by atoms with van der Waals surface area (Å²) >= 11 is 0. The van der Waals surface area contributed by atoms with Crippen molar-refractivity contribution in [2.75, 3.05) is 39.2 Å². The third kappa shape index (κ3) is 3.41. The van der Waals surface area contributed by atoms with Gasteiger partial charge in [-0.15, -0.1) is 0 Å². The van der Waals surface area contributed by atoms with E-state index in [0.29, 0.717) is 19.8 Å². The van der Waals surface area contributed by atoms with Crippen LogP contribution < -0.4 is 0 Å². The molecule has 0 bridgehead atoms. The molecule has 1 aliphatic heterocycles. The molecule has 1 fully saturated rings. The Bertz CT molecular complexity index is 278. The maximum absolute atomic E-state index is 11.9. The third-order valence-corrected chi connectivity index (χ3v) is 4.43. The van der Waals surface area contributed by atoms with E-state index in [-0.39, 0.29) is 18.4 Å². The zero-order valence-corrected chi connectivity index (χ0v) is 10.1. The Balaban J connectivity index is 2.65. The maximum Gasteiger partial charge on any atom is 0.216 e. The lowest BCUT2D eigenvalue weighted by Crippen LogP contribution is -2.49. The summed E-state index contributed by atoms with van der Waals surface area (Å²) in [5, 5.41) is 0. The number of hydrogen-bond donors (Lipinski definition) is 0. The van der Waals surface area contributed by atoms with Crippen LogP contribution in [0.15, 0.2) is 0 Å². The first-order chi connectivity index (χ1) is 7.11. The quantitative estimate of drug-likeness (QED) is 0.679. The van der Waals surface area contributed by atoms with Crippen LogP contribution in [0.4, 0.5) is 0 Å². The number of rotatable bonds is 5. The van der Waals surface area contributed by atoms with Gasteiger partial charge in [0.2, 0.25) is 10.0 Å². The SMILES string of the molecule is CCC1COCCN1S(=O)(=O)CCOC. The van der Waals surface area contributed by atoms with Crippen LogP contribution >= 0.6 is 0 Å². The molecule has 0 saturated carbocycles. The van der Waals surface area contributed by atoms with Crippen LogP contribution in [0.3, 0.4) is 0 Å². The minimum atomic E-state index is -3.18. The first-order valence-electron chi connectivity index (χ1n) is 5.18. The van der Waals surface area contributed by atoms with Gasteiger partial charge in [-0.05, 0) is 6.42 Å². The molecule has 0 amide bonds. The second-order valence-electron chi connectivity index (χ2n) is 3.56. The molecule has 0 aliphatic carbocycles. The van der Waals surface area contributed by atoms with Gasteiger partial charge >= 0.3 is 0 Å². The molecule has 0 spiro atoms. The fourth-order valence-electron chi connectivity index (χ4n) is 1.63. The zero-order valence-electron chi connectivity index (χ0n) is 9.31. The first kappa shape index (κ1) is 12.9. The van der Waals surface area contributed by atoms with Gasteiger partial charge in [0.05, 0.1) is 25.6 Å². The second-order valence-corrected chi connectivity index (χ2v) is 5.60.